The fraction of sp³-hybridized carbons (Fsp3) is 0.917. The van der Waals surface area contributed by atoms with Crippen LogP contribution in [0, 0.1) is 0 Å². The molecule has 0 spiro atoms. The van der Waals surface area contributed by atoms with E-state index in [2.05, 4.69) is 5.32 Å². The van der Waals surface area contributed by atoms with Crippen LogP contribution in [-0.4, -0.2) is 42.9 Å². The molecular formula is C12H24N2O3. The van der Waals surface area contributed by atoms with Crippen LogP contribution in [0.2, 0.25) is 0 Å². The Morgan fingerprint density at radius 2 is 2.06 bits per heavy atom. The number of carbonyl (C=O) groups is 1. The zero-order valence-electron chi connectivity index (χ0n) is 10.4. The van der Waals surface area contributed by atoms with Crippen molar-refractivity contribution in [2.24, 2.45) is 5.73 Å². The average Bonchev–Trinajstić information content (AvgIpc) is 2.70. The number of rotatable bonds is 8. The third-order valence-corrected chi connectivity index (χ3v) is 3.14. The van der Waals surface area contributed by atoms with E-state index in [1.165, 1.54) is 0 Å². The number of hydrogen-bond acceptors (Lipinski definition) is 4. The molecular weight excluding hydrogens is 220 g/mol. The molecule has 0 aliphatic heterocycles. The predicted octanol–water partition coefficient (Wildman–Crippen LogP) is 0.163. The highest BCUT2D eigenvalue weighted by Crippen LogP contribution is 2.29. The number of carbonyl (C=O) groups excluding carboxylic acids is 1. The van der Waals surface area contributed by atoms with Crippen molar-refractivity contribution in [1.82, 2.24) is 5.32 Å². The summed E-state index contributed by atoms with van der Waals surface area (Å²) in [4.78, 5) is 11.6. The summed E-state index contributed by atoms with van der Waals surface area (Å²) < 4.78 is 5.09. The zero-order chi connectivity index (χ0) is 12.6. The van der Waals surface area contributed by atoms with Crippen LogP contribution in [0.5, 0.6) is 0 Å². The lowest BCUT2D eigenvalue weighted by atomic mass is 9.94. The molecule has 0 atom stereocenters. The van der Waals surface area contributed by atoms with Crippen molar-refractivity contribution in [3.8, 4) is 0 Å². The molecule has 1 fully saturated rings. The van der Waals surface area contributed by atoms with Gasteiger partial charge in [-0.25, -0.2) is 0 Å². The molecule has 1 aliphatic carbocycles. The molecule has 1 aliphatic rings. The van der Waals surface area contributed by atoms with Crippen molar-refractivity contribution >= 4 is 5.91 Å². The number of nitrogens with one attached hydrogen (secondary N) is 1. The summed E-state index contributed by atoms with van der Waals surface area (Å²) in [5.41, 5.74) is 5.85. The molecule has 0 aromatic heterocycles. The molecule has 17 heavy (non-hydrogen) atoms. The van der Waals surface area contributed by atoms with Crippen molar-refractivity contribution in [2.45, 2.75) is 44.1 Å². The van der Waals surface area contributed by atoms with Crippen LogP contribution in [0.15, 0.2) is 0 Å². The molecule has 1 saturated carbocycles. The summed E-state index contributed by atoms with van der Waals surface area (Å²) in [6.07, 6.45) is 5.39. The van der Waals surface area contributed by atoms with E-state index in [0.29, 0.717) is 26.2 Å². The topological polar surface area (TPSA) is 84.6 Å². The smallest absolute Gasteiger partial charge is 0.221 e. The van der Waals surface area contributed by atoms with E-state index < -0.39 is 0 Å². The Morgan fingerprint density at radius 1 is 1.35 bits per heavy atom. The molecule has 5 heteroatoms. The molecule has 0 heterocycles. The second-order valence-corrected chi connectivity index (χ2v) is 4.79. The van der Waals surface area contributed by atoms with Gasteiger partial charge in [0.1, 0.15) is 0 Å². The van der Waals surface area contributed by atoms with Crippen molar-refractivity contribution in [3.05, 3.63) is 0 Å². The molecule has 0 aromatic rings. The molecule has 100 valence electrons. The molecule has 1 amide bonds. The van der Waals surface area contributed by atoms with Crippen LogP contribution in [0.25, 0.3) is 0 Å². The lowest BCUT2D eigenvalue weighted by Crippen LogP contribution is -2.42. The quantitative estimate of drug-likeness (QED) is 0.531. The van der Waals surface area contributed by atoms with Crippen LogP contribution in [0.1, 0.15) is 38.5 Å². The lowest BCUT2D eigenvalue weighted by Gasteiger charge is -2.22. The number of ether oxygens (including phenoxy) is 1. The second kappa shape index (κ2) is 7.63. The maximum Gasteiger partial charge on any atom is 0.221 e. The van der Waals surface area contributed by atoms with E-state index in [0.717, 1.165) is 32.1 Å². The van der Waals surface area contributed by atoms with Gasteiger partial charge in [-0.2, -0.15) is 0 Å². The monoisotopic (exact) mass is 244 g/mol. The largest absolute Gasteiger partial charge is 0.394 e. The standard InChI is InChI=1S/C12H24N2O3/c13-12(4-1-2-5-12)10-11(16)14-6-3-8-17-9-7-15/h15H,1-10,13H2,(H,14,16). The number of aliphatic hydroxyl groups is 1. The summed E-state index contributed by atoms with van der Waals surface area (Å²) >= 11 is 0. The maximum atomic E-state index is 11.6. The number of hydrogen-bond donors (Lipinski definition) is 3. The van der Waals surface area contributed by atoms with Gasteiger partial charge >= 0.3 is 0 Å². The van der Waals surface area contributed by atoms with Crippen molar-refractivity contribution in [2.75, 3.05) is 26.4 Å². The first-order valence-corrected chi connectivity index (χ1v) is 6.40. The Hall–Kier alpha value is -0.650. The van der Waals surface area contributed by atoms with E-state index in [1.54, 1.807) is 0 Å². The Morgan fingerprint density at radius 3 is 2.71 bits per heavy atom. The van der Waals surface area contributed by atoms with Gasteiger partial charge in [0.2, 0.25) is 5.91 Å². The highest BCUT2D eigenvalue weighted by Gasteiger charge is 2.31. The van der Waals surface area contributed by atoms with Crippen LogP contribution in [-0.2, 0) is 9.53 Å². The van der Waals surface area contributed by atoms with Gasteiger partial charge in [-0.3, -0.25) is 4.79 Å². The summed E-state index contributed by atoms with van der Waals surface area (Å²) in [6, 6.07) is 0. The molecule has 0 bridgehead atoms. The summed E-state index contributed by atoms with van der Waals surface area (Å²) in [7, 11) is 0. The third kappa shape index (κ3) is 6.00. The van der Waals surface area contributed by atoms with Gasteiger partial charge < -0.3 is 20.9 Å². The Bertz CT molecular complexity index is 228. The molecule has 5 nitrogen and oxygen atoms in total. The number of nitrogens with two attached hydrogens (primary N) is 1. The first kappa shape index (κ1) is 14.4. The van der Waals surface area contributed by atoms with Gasteiger partial charge in [0.25, 0.3) is 0 Å². The molecule has 0 saturated heterocycles. The molecule has 0 radical (unpaired) electrons. The maximum absolute atomic E-state index is 11.6. The van der Waals surface area contributed by atoms with Gasteiger partial charge in [0, 0.05) is 25.1 Å². The van der Waals surface area contributed by atoms with Gasteiger partial charge in [0.05, 0.1) is 13.2 Å². The minimum Gasteiger partial charge on any atom is -0.394 e. The normalized spacial score (nSPS) is 18.2. The van der Waals surface area contributed by atoms with Crippen molar-refractivity contribution in [3.63, 3.8) is 0 Å². The van der Waals surface area contributed by atoms with Gasteiger partial charge in [-0.15, -0.1) is 0 Å². The Balaban J connectivity index is 2.01. The Kier molecular flexibility index (Phi) is 6.47. The highest BCUT2D eigenvalue weighted by molar-refractivity contribution is 5.77. The minimum atomic E-state index is -0.266. The first-order valence-electron chi connectivity index (χ1n) is 6.40. The van der Waals surface area contributed by atoms with E-state index in [-0.39, 0.29) is 18.1 Å². The molecule has 0 aromatic carbocycles. The van der Waals surface area contributed by atoms with Crippen LogP contribution in [0.4, 0.5) is 0 Å². The molecule has 0 unspecified atom stereocenters. The summed E-state index contributed by atoms with van der Waals surface area (Å²) in [6.45, 7) is 1.58. The predicted molar refractivity (Wildman–Crippen MR) is 65.5 cm³/mol. The third-order valence-electron chi connectivity index (χ3n) is 3.14. The van der Waals surface area contributed by atoms with E-state index in [4.69, 9.17) is 15.6 Å². The zero-order valence-corrected chi connectivity index (χ0v) is 10.4. The van der Waals surface area contributed by atoms with Crippen molar-refractivity contribution in [1.29, 1.82) is 0 Å². The van der Waals surface area contributed by atoms with Crippen LogP contribution < -0.4 is 11.1 Å². The SMILES string of the molecule is NC1(CC(=O)NCCCOCCO)CCCC1. The molecule has 4 N–H and O–H groups in total. The minimum absolute atomic E-state index is 0.0385. The van der Waals surface area contributed by atoms with E-state index in [9.17, 15) is 4.79 Å². The first-order chi connectivity index (χ1) is 8.16. The van der Waals surface area contributed by atoms with Gasteiger partial charge in [-0.05, 0) is 19.3 Å². The average molecular weight is 244 g/mol. The van der Waals surface area contributed by atoms with E-state index >= 15 is 0 Å². The van der Waals surface area contributed by atoms with Crippen LogP contribution in [0.3, 0.4) is 0 Å². The fourth-order valence-electron chi connectivity index (χ4n) is 2.21. The van der Waals surface area contributed by atoms with Gasteiger partial charge in [0.15, 0.2) is 0 Å². The fourth-order valence-corrected chi connectivity index (χ4v) is 2.21. The number of amides is 1. The van der Waals surface area contributed by atoms with E-state index in [1.807, 2.05) is 0 Å². The summed E-state index contributed by atoms with van der Waals surface area (Å²) in [5, 5.41) is 11.3. The van der Waals surface area contributed by atoms with Gasteiger partial charge in [-0.1, -0.05) is 12.8 Å². The Labute approximate surface area is 103 Å². The second-order valence-electron chi connectivity index (χ2n) is 4.79. The highest BCUT2D eigenvalue weighted by atomic mass is 16.5. The van der Waals surface area contributed by atoms with Crippen molar-refractivity contribution < 1.29 is 14.6 Å². The number of aliphatic hydroxyl groups excluding tert-OH is 1. The lowest BCUT2D eigenvalue weighted by molar-refractivity contribution is -0.122. The molecule has 1 rings (SSSR count). The van der Waals surface area contributed by atoms with Crippen LogP contribution >= 0.6 is 0 Å². The summed E-state index contributed by atoms with van der Waals surface area (Å²) in [5.74, 6) is 0.0385.